The number of aryl methyl sites for hydroxylation is 2. The number of carbonyl (C=O) groups excluding carboxylic acids is 2. The van der Waals surface area contributed by atoms with Crippen LogP contribution in [0, 0.1) is 13.8 Å². The number of carbonyl (C=O) groups is 2. The van der Waals surface area contributed by atoms with Crippen LogP contribution >= 0.6 is 23.2 Å². The van der Waals surface area contributed by atoms with Gasteiger partial charge in [-0.3, -0.25) is 9.59 Å². The SMILES string of the molecule is Cc1cc(C)c2c(c1)OC1(CCN(C(=O)c3ccc(Cl)c(Cl)c3)CC1)CC2=O. The second-order valence-corrected chi connectivity index (χ2v) is 8.58. The first kappa shape index (κ1) is 19.3. The average molecular weight is 418 g/mol. The summed E-state index contributed by atoms with van der Waals surface area (Å²) in [7, 11) is 0. The molecular weight excluding hydrogens is 397 g/mol. The molecule has 4 rings (SSSR count). The zero-order valence-electron chi connectivity index (χ0n) is 15.9. The molecule has 4 nitrogen and oxygen atoms in total. The van der Waals surface area contributed by atoms with E-state index < -0.39 is 5.60 Å². The zero-order chi connectivity index (χ0) is 20.1. The summed E-state index contributed by atoms with van der Waals surface area (Å²) in [5.74, 6) is 0.726. The monoisotopic (exact) mass is 417 g/mol. The summed E-state index contributed by atoms with van der Waals surface area (Å²) < 4.78 is 6.36. The van der Waals surface area contributed by atoms with Crippen LogP contribution < -0.4 is 4.74 Å². The topological polar surface area (TPSA) is 46.6 Å². The average Bonchev–Trinajstić information content (AvgIpc) is 2.63. The molecular formula is C22H21Cl2NO3. The van der Waals surface area contributed by atoms with Gasteiger partial charge in [-0.2, -0.15) is 0 Å². The van der Waals surface area contributed by atoms with E-state index in [2.05, 4.69) is 0 Å². The Kier molecular flexibility index (Phi) is 4.88. The van der Waals surface area contributed by atoms with Gasteiger partial charge >= 0.3 is 0 Å². The van der Waals surface area contributed by atoms with E-state index in [1.807, 2.05) is 26.0 Å². The summed E-state index contributed by atoms with van der Waals surface area (Å²) in [5, 5.41) is 0.790. The Morgan fingerprint density at radius 1 is 1.07 bits per heavy atom. The summed E-state index contributed by atoms with van der Waals surface area (Å²) in [6, 6.07) is 8.86. The van der Waals surface area contributed by atoms with Crippen molar-refractivity contribution in [3.63, 3.8) is 0 Å². The summed E-state index contributed by atoms with van der Waals surface area (Å²) in [6.07, 6.45) is 1.61. The van der Waals surface area contributed by atoms with Crippen LogP contribution in [0.1, 0.15) is 51.1 Å². The lowest BCUT2D eigenvalue weighted by molar-refractivity contribution is -0.00580. The van der Waals surface area contributed by atoms with Gasteiger partial charge in [-0.25, -0.2) is 0 Å². The first-order valence-corrected chi connectivity index (χ1v) is 10.1. The minimum Gasteiger partial charge on any atom is -0.486 e. The number of ketones is 1. The molecule has 2 heterocycles. The van der Waals surface area contributed by atoms with Crippen LogP contribution in [0.4, 0.5) is 0 Å². The summed E-state index contributed by atoms with van der Waals surface area (Å²) >= 11 is 12.0. The van der Waals surface area contributed by atoms with Gasteiger partial charge in [0.15, 0.2) is 5.78 Å². The summed E-state index contributed by atoms with van der Waals surface area (Å²) in [6.45, 7) is 5.02. The molecule has 0 unspecified atom stereocenters. The van der Waals surface area contributed by atoms with Crippen molar-refractivity contribution in [3.05, 3.63) is 62.6 Å². The second-order valence-electron chi connectivity index (χ2n) is 7.76. The van der Waals surface area contributed by atoms with Gasteiger partial charge in [-0.05, 0) is 49.2 Å². The minimum atomic E-state index is -0.529. The number of halogens is 2. The van der Waals surface area contributed by atoms with Gasteiger partial charge in [-0.15, -0.1) is 0 Å². The number of rotatable bonds is 1. The lowest BCUT2D eigenvalue weighted by atomic mass is 9.81. The van der Waals surface area contributed by atoms with Crippen LogP contribution in [0.5, 0.6) is 5.75 Å². The van der Waals surface area contributed by atoms with Gasteiger partial charge in [0.05, 0.1) is 22.0 Å². The lowest BCUT2D eigenvalue weighted by Crippen LogP contribution is -2.52. The standard InChI is InChI=1S/C22H21Cl2NO3/c1-13-9-14(2)20-18(26)12-22(28-19(20)10-13)5-7-25(8-6-22)21(27)15-3-4-16(23)17(24)11-15/h3-4,9-11H,5-8,12H2,1-2H3. The van der Waals surface area contributed by atoms with E-state index in [1.54, 1.807) is 23.1 Å². The highest BCUT2D eigenvalue weighted by Crippen LogP contribution is 2.41. The molecule has 2 aliphatic rings. The van der Waals surface area contributed by atoms with Crippen molar-refractivity contribution in [2.75, 3.05) is 13.1 Å². The minimum absolute atomic E-state index is 0.0809. The normalized spacial score (nSPS) is 18.0. The summed E-state index contributed by atoms with van der Waals surface area (Å²) in [4.78, 5) is 27.4. The molecule has 1 saturated heterocycles. The van der Waals surface area contributed by atoms with Crippen molar-refractivity contribution >= 4 is 34.9 Å². The van der Waals surface area contributed by atoms with Gasteiger partial charge in [0, 0.05) is 31.5 Å². The first-order valence-electron chi connectivity index (χ1n) is 9.36. The third-order valence-corrected chi connectivity index (χ3v) is 6.40. The van der Waals surface area contributed by atoms with Crippen molar-refractivity contribution in [1.29, 1.82) is 0 Å². The van der Waals surface area contributed by atoms with E-state index in [-0.39, 0.29) is 11.7 Å². The molecule has 0 atom stereocenters. The van der Waals surface area contributed by atoms with Crippen LogP contribution in [0.15, 0.2) is 30.3 Å². The van der Waals surface area contributed by atoms with Gasteiger partial charge < -0.3 is 9.64 Å². The molecule has 2 aromatic rings. The van der Waals surface area contributed by atoms with E-state index in [1.165, 1.54) is 0 Å². The Balaban J connectivity index is 1.51. The predicted molar refractivity (Wildman–Crippen MR) is 110 cm³/mol. The maximum Gasteiger partial charge on any atom is 0.253 e. The number of Topliss-reactive ketones (excluding diaryl/α,β-unsaturated/α-hetero) is 1. The molecule has 2 aromatic carbocycles. The van der Waals surface area contributed by atoms with Crippen molar-refractivity contribution in [2.45, 2.75) is 38.7 Å². The van der Waals surface area contributed by atoms with E-state index >= 15 is 0 Å². The van der Waals surface area contributed by atoms with Crippen LogP contribution in [0.3, 0.4) is 0 Å². The number of piperidine rings is 1. The van der Waals surface area contributed by atoms with Gasteiger partial charge in [0.1, 0.15) is 11.4 Å². The lowest BCUT2D eigenvalue weighted by Gasteiger charge is -2.44. The molecule has 0 aromatic heterocycles. The fraction of sp³-hybridized carbons (Fsp3) is 0.364. The van der Waals surface area contributed by atoms with Crippen LogP contribution in [0.2, 0.25) is 10.0 Å². The second kappa shape index (κ2) is 7.09. The number of hydrogen-bond donors (Lipinski definition) is 0. The van der Waals surface area contributed by atoms with Gasteiger partial charge in [0.25, 0.3) is 5.91 Å². The van der Waals surface area contributed by atoms with E-state index in [0.717, 1.165) is 11.1 Å². The predicted octanol–water partition coefficient (Wildman–Crippen LogP) is 5.25. The van der Waals surface area contributed by atoms with Crippen molar-refractivity contribution in [2.24, 2.45) is 0 Å². The molecule has 0 N–H and O–H groups in total. The van der Waals surface area contributed by atoms with Gasteiger partial charge in [0.2, 0.25) is 0 Å². The highest BCUT2D eigenvalue weighted by Gasteiger charge is 2.44. The molecule has 28 heavy (non-hydrogen) atoms. The molecule has 6 heteroatoms. The third kappa shape index (κ3) is 3.40. The number of ether oxygens (including phenoxy) is 1. The van der Waals surface area contributed by atoms with Crippen LogP contribution in [-0.2, 0) is 0 Å². The smallest absolute Gasteiger partial charge is 0.253 e. The van der Waals surface area contributed by atoms with Crippen LogP contribution in [0.25, 0.3) is 0 Å². The number of likely N-dealkylation sites (tertiary alicyclic amines) is 1. The fourth-order valence-electron chi connectivity index (χ4n) is 4.22. The molecule has 0 aliphatic carbocycles. The van der Waals surface area contributed by atoms with Crippen molar-refractivity contribution in [1.82, 2.24) is 4.90 Å². The molecule has 0 saturated carbocycles. The number of amides is 1. The Morgan fingerprint density at radius 2 is 1.79 bits per heavy atom. The Morgan fingerprint density at radius 3 is 2.46 bits per heavy atom. The van der Waals surface area contributed by atoms with Crippen molar-refractivity contribution < 1.29 is 14.3 Å². The zero-order valence-corrected chi connectivity index (χ0v) is 17.4. The fourth-order valence-corrected chi connectivity index (χ4v) is 4.52. The Labute approximate surface area is 174 Å². The third-order valence-electron chi connectivity index (χ3n) is 5.66. The summed E-state index contributed by atoms with van der Waals surface area (Å²) in [5.41, 5.74) is 2.72. The molecule has 1 spiro atoms. The van der Waals surface area contributed by atoms with E-state index in [4.69, 9.17) is 27.9 Å². The van der Waals surface area contributed by atoms with Crippen LogP contribution in [-0.4, -0.2) is 35.3 Å². The van der Waals surface area contributed by atoms with Crippen molar-refractivity contribution in [3.8, 4) is 5.75 Å². The quantitative estimate of drug-likeness (QED) is 0.636. The molecule has 146 valence electrons. The highest BCUT2D eigenvalue weighted by atomic mass is 35.5. The molecule has 1 amide bonds. The van der Waals surface area contributed by atoms with E-state index in [0.29, 0.717) is 59.3 Å². The largest absolute Gasteiger partial charge is 0.486 e. The first-order chi connectivity index (χ1) is 13.3. The number of fused-ring (bicyclic) bond motifs is 1. The molecule has 0 bridgehead atoms. The Hall–Kier alpha value is -2.04. The number of hydrogen-bond acceptors (Lipinski definition) is 3. The molecule has 2 aliphatic heterocycles. The highest BCUT2D eigenvalue weighted by molar-refractivity contribution is 6.42. The number of nitrogens with zero attached hydrogens (tertiary/aromatic N) is 1. The van der Waals surface area contributed by atoms with Gasteiger partial charge in [-0.1, -0.05) is 29.3 Å². The van der Waals surface area contributed by atoms with E-state index in [9.17, 15) is 9.59 Å². The number of benzene rings is 2. The maximum absolute atomic E-state index is 12.8. The molecule has 0 radical (unpaired) electrons. The molecule has 1 fully saturated rings. The maximum atomic E-state index is 12.8. The Bertz CT molecular complexity index is 978.